The van der Waals surface area contributed by atoms with Crippen molar-refractivity contribution in [2.75, 3.05) is 6.61 Å². The van der Waals surface area contributed by atoms with E-state index in [2.05, 4.69) is 0 Å². The van der Waals surface area contributed by atoms with E-state index in [9.17, 15) is 4.79 Å². The monoisotopic (exact) mass is 218 g/mol. The largest absolute Gasteiger partial charge is 0.412 e. The standard InChI is InChI=1S/C3H6O2.8H2O/c1-3(5)2-4;;;;;;;;/h4H,2H2,1H3;8*1H2. The van der Waals surface area contributed by atoms with Crippen LogP contribution in [0.2, 0.25) is 0 Å². The number of rotatable bonds is 1. The predicted molar refractivity (Wildman–Crippen MR) is 46.7 cm³/mol. The molecule has 0 aliphatic rings. The zero-order valence-corrected chi connectivity index (χ0v) is 7.06. The Bertz CT molecular complexity index is 45.4. The summed E-state index contributed by atoms with van der Waals surface area (Å²) in [7, 11) is 0. The van der Waals surface area contributed by atoms with Crippen molar-refractivity contribution in [2.24, 2.45) is 0 Å². The van der Waals surface area contributed by atoms with E-state index in [1.54, 1.807) is 0 Å². The van der Waals surface area contributed by atoms with Crippen LogP contribution in [0.1, 0.15) is 6.92 Å². The maximum absolute atomic E-state index is 9.56. The van der Waals surface area contributed by atoms with Gasteiger partial charge in [-0.3, -0.25) is 4.79 Å². The van der Waals surface area contributed by atoms with Gasteiger partial charge in [-0.25, -0.2) is 0 Å². The summed E-state index contributed by atoms with van der Waals surface area (Å²) in [5.41, 5.74) is 0. The van der Waals surface area contributed by atoms with Crippen molar-refractivity contribution < 1.29 is 53.7 Å². The number of aliphatic hydroxyl groups is 1. The summed E-state index contributed by atoms with van der Waals surface area (Å²) >= 11 is 0. The maximum Gasteiger partial charge on any atom is 0.155 e. The van der Waals surface area contributed by atoms with Gasteiger partial charge >= 0.3 is 0 Å². The molecule has 0 fully saturated rings. The van der Waals surface area contributed by atoms with Crippen LogP contribution < -0.4 is 0 Å². The van der Waals surface area contributed by atoms with Crippen LogP contribution in [-0.2, 0) is 4.79 Å². The van der Waals surface area contributed by atoms with Crippen LogP contribution in [0.4, 0.5) is 0 Å². The number of Topliss-reactive ketones (excluding diaryl/α,β-unsaturated/α-hetero) is 1. The fraction of sp³-hybridized carbons (Fsp3) is 0.667. The molecular formula is C3H22O10. The normalized spacial score (nSPS) is 2.92. The summed E-state index contributed by atoms with van der Waals surface area (Å²) < 4.78 is 0. The topological polar surface area (TPSA) is 289 Å². The molecule has 0 saturated heterocycles. The van der Waals surface area contributed by atoms with E-state index in [0.717, 1.165) is 0 Å². The molecule has 0 amide bonds. The molecule has 0 unspecified atom stereocenters. The van der Waals surface area contributed by atoms with E-state index in [1.807, 2.05) is 0 Å². The van der Waals surface area contributed by atoms with Gasteiger partial charge in [0.15, 0.2) is 5.78 Å². The van der Waals surface area contributed by atoms with Gasteiger partial charge in [-0.15, -0.1) is 0 Å². The van der Waals surface area contributed by atoms with Crippen LogP contribution in [0.5, 0.6) is 0 Å². The van der Waals surface area contributed by atoms with E-state index in [1.165, 1.54) is 6.92 Å². The molecule has 0 rings (SSSR count). The smallest absolute Gasteiger partial charge is 0.155 e. The third-order valence-corrected chi connectivity index (χ3v) is 0.223. The number of hydrogen-bond donors (Lipinski definition) is 1. The van der Waals surface area contributed by atoms with E-state index >= 15 is 0 Å². The summed E-state index contributed by atoms with van der Waals surface area (Å²) in [6.07, 6.45) is 0. The Morgan fingerprint density at radius 3 is 0.923 bits per heavy atom. The maximum atomic E-state index is 9.56. The molecule has 0 aliphatic heterocycles. The van der Waals surface area contributed by atoms with Gasteiger partial charge in [-0.2, -0.15) is 0 Å². The Morgan fingerprint density at radius 1 is 0.846 bits per heavy atom. The van der Waals surface area contributed by atoms with Gasteiger partial charge in [0.1, 0.15) is 6.61 Å². The Hall–Kier alpha value is -0.690. The molecule has 13 heavy (non-hydrogen) atoms. The number of ketones is 1. The number of aliphatic hydroxyl groups excluding tert-OH is 1. The minimum absolute atomic E-state index is 0. The lowest BCUT2D eigenvalue weighted by Crippen LogP contribution is -1.93. The second-order valence-corrected chi connectivity index (χ2v) is 0.860. The van der Waals surface area contributed by atoms with Crippen molar-refractivity contribution in [1.29, 1.82) is 0 Å². The van der Waals surface area contributed by atoms with Crippen LogP contribution in [-0.4, -0.2) is 61.3 Å². The van der Waals surface area contributed by atoms with Gasteiger partial charge < -0.3 is 48.9 Å². The van der Waals surface area contributed by atoms with Crippen molar-refractivity contribution in [3.8, 4) is 0 Å². The zero-order chi connectivity index (χ0) is 4.28. The number of hydrogen-bond acceptors (Lipinski definition) is 2. The first-order valence-electron chi connectivity index (χ1n) is 1.37. The molecular weight excluding hydrogens is 196 g/mol. The van der Waals surface area contributed by atoms with E-state index in [0.29, 0.717) is 0 Å². The summed E-state index contributed by atoms with van der Waals surface area (Å²) in [5, 5.41) is 7.79. The van der Waals surface area contributed by atoms with Crippen molar-refractivity contribution in [3.63, 3.8) is 0 Å². The molecule has 0 saturated carbocycles. The molecule has 0 aromatic heterocycles. The van der Waals surface area contributed by atoms with Crippen LogP contribution in [0.3, 0.4) is 0 Å². The third kappa shape index (κ3) is 571. The van der Waals surface area contributed by atoms with Gasteiger partial charge in [0.2, 0.25) is 0 Å². The van der Waals surface area contributed by atoms with Crippen molar-refractivity contribution in [3.05, 3.63) is 0 Å². The summed E-state index contributed by atoms with van der Waals surface area (Å²) in [4.78, 5) is 9.56. The molecule has 0 radical (unpaired) electrons. The SMILES string of the molecule is CC(=O)CO.O.O.O.O.O.O.O.O. The molecule has 0 aliphatic carbocycles. The summed E-state index contributed by atoms with van der Waals surface area (Å²) in [5.74, 6) is -0.190. The summed E-state index contributed by atoms with van der Waals surface area (Å²) in [6.45, 7) is 1.000. The Labute approximate surface area is 74.3 Å². The fourth-order valence-electron chi connectivity index (χ4n) is 0. The molecule has 10 heteroatoms. The lowest BCUT2D eigenvalue weighted by molar-refractivity contribution is -0.119. The van der Waals surface area contributed by atoms with Gasteiger partial charge in [0.25, 0.3) is 0 Å². The summed E-state index contributed by atoms with van der Waals surface area (Å²) in [6, 6.07) is 0. The Morgan fingerprint density at radius 2 is 0.923 bits per heavy atom. The van der Waals surface area contributed by atoms with Crippen molar-refractivity contribution in [1.82, 2.24) is 0 Å². The zero-order valence-electron chi connectivity index (χ0n) is 7.06. The Kier molecular flexibility index (Phi) is 1210. The van der Waals surface area contributed by atoms with Crippen molar-refractivity contribution in [2.45, 2.75) is 6.92 Å². The van der Waals surface area contributed by atoms with Crippen molar-refractivity contribution >= 4 is 5.78 Å². The highest BCUT2D eigenvalue weighted by Crippen LogP contribution is 1.55. The second kappa shape index (κ2) is 110. The fourth-order valence-corrected chi connectivity index (χ4v) is 0. The third-order valence-electron chi connectivity index (χ3n) is 0.223. The molecule has 17 N–H and O–H groups in total. The quantitative estimate of drug-likeness (QED) is 0.448. The molecule has 0 heterocycles. The highest BCUT2D eigenvalue weighted by atomic mass is 16.3. The molecule has 0 bridgehead atoms. The molecule has 0 aromatic carbocycles. The number of carbonyl (C=O) groups is 1. The lowest BCUT2D eigenvalue weighted by atomic mass is 10.5. The molecule has 10 nitrogen and oxygen atoms in total. The van der Waals surface area contributed by atoms with Gasteiger partial charge in [-0.05, 0) is 6.92 Å². The first-order valence-corrected chi connectivity index (χ1v) is 1.37. The van der Waals surface area contributed by atoms with Crippen LogP contribution in [0.25, 0.3) is 0 Å². The number of carbonyl (C=O) groups excluding carboxylic acids is 1. The molecule has 0 spiro atoms. The van der Waals surface area contributed by atoms with Gasteiger partial charge in [0.05, 0.1) is 0 Å². The average molecular weight is 218 g/mol. The van der Waals surface area contributed by atoms with Crippen LogP contribution in [0, 0.1) is 0 Å². The molecule has 0 aromatic rings. The first-order chi connectivity index (χ1) is 2.27. The molecule has 0 atom stereocenters. The van der Waals surface area contributed by atoms with E-state index in [-0.39, 0.29) is 56.2 Å². The van der Waals surface area contributed by atoms with Crippen LogP contribution >= 0.6 is 0 Å². The second-order valence-electron chi connectivity index (χ2n) is 0.860. The predicted octanol–water partition coefficient (Wildman–Crippen LogP) is -7.03. The minimum Gasteiger partial charge on any atom is -0.412 e. The highest BCUT2D eigenvalue weighted by molar-refractivity contribution is 5.76. The minimum atomic E-state index is -0.333. The van der Waals surface area contributed by atoms with Crippen LogP contribution in [0.15, 0.2) is 0 Å². The highest BCUT2D eigenvalue weighted by Gasteiger charge is 1.78. The lowest BCUT2D eigenvalue weighted by Gasteiger charge is -1.72. The van der Waals surface area contributed by atoms with E-state index in [4.69, 9.17) is 5.11 Å². The average Bonchev–Trinajstić information content (AvgIpc) is 1.38. The van der Waals surface area contributed by atoms with Gasteiger partial charge in [0, 0.05) is 0 Å². The van der Waals surface area contributed by atoms with E-state index < -0.39 is 0 Å². The van der Waals surface area contributed by atoms with Gasteiger partial charge in [-0.1, -0.05) is 0 Å². The Balaban J connectivity index is -0.00000000286. The first kappa shape index (κ1) is 144. The molecule has 94 valence electrons.